The van der Waals surface area contributed by atoms with Crippen molar-refractivity contribution in [3.8, 4) is 0 Å². The third-order valence-corrected chi connectivity index (χ3v) is 2.37. The van der Waals surface area contributed by atoms with Crippen LogP contribution in [0.25, 0.3) is 11.2 Å². The van der Waals surface area contributed by atoms with Gasteiger partial charge in [-0.3, -0.25) is 14.3 Å². The summed E-state index contributed by atoms with van der Waals surface area (Å²) in [5.74, 6) is -1.72. The zero-order valence-electron chi connectivity index (χ0n) is 10.2. The third-order valence-electron chi connectivity index (χ3n) is 2.37. The Morgan fingerprint density at radius 3 is 2.95 bits per heavy atom. The number of carbonyl (C=O) groups is 1. The summed E-state index contributed by atoms with van der Waals surface area (Å²) in [6.07, 6.45) is 1.44. The summed E-state index contributed by atoms with van der Waals surface area (Å²) in [5, 5.41) is 19.7. The van der Waals surface area contributed by atoms with E-state index < -0.39 is 17.4 Å². The highest BCUT2D eigenvalue weighted by atomic mass is 16.4. The molecule has 9 nitrogen and oxygen atoms in total. The first-order valence-corrected chi connectivity index (χ1v) is 5.31. The van der Waals surface area contributed by atoms with Gasteiger partial charge in [-0.2, -0.15) is 0 Å². The molecule has 2 aromatic heterocycles. The van der Waals surface area contributed by atoms with Gasteiger partial charge in [0, 0.05) is 0 Å². The van der Waals surface area contributed by atoms with Crippen molar-refractivity contribution >= 4 is 29.0 Å². The molecular formula is C10H11N5O4. The second-order valence-electron chi connectivity index (χ2n) is 3.94. The first kappa shape index (κ1) is 12.7. The first-order chi connectivity index (χ1) is 8.88. The van der Waals surface area contributed by atoms with Crippen LogP contribution >= 0.6 is 0 Å². The molecular weight excluding hydrogens is 254 g/mol. The molecule has 100 valence electrons. The number of H-pyrrole nitrogens is 1. The molecule has 2 N–H and O–H groups in total. The van der Waals surface area contributed by atoms with E-state index in [2.05, 4.69) is 15.0 Å². The summed E-state index contributed by atoms with van der Waals surface area (Å²) in [5.41, 5.74) is -0.117. The lowest BCUT2D eigenvalue weighted by Gasteiger charge is -1.99. The zero-order valence-corrected chi connectivity index (χ0v) is 10.2. The van der Waals surface area contributed by atoms with Gasteiger partial charge in [0.15, 0.2) is 12.9 Å². The van der Waals surface area contributed by atoms with Gasteiger partial charge in [-0.25, -0.2) is 14.4 Å². The predicted molar refractivity (Wildman–Crippen MR) is 61.9 cm³/mol. The Labute approximate surface area is 106 Å². The second kappa shape index (κ2) is 4.52. The number of carboxylic acids is 1. The number of aromatic amines is 1. The number of nitrogens with one attached hydrogen (secondary N) is 1. The number of aliphatic carboxylic acids is 1. The molecule has 0 saturated carbocycles. The summed E-state index contributed by atoms with van der Waals surface area (Å²) in [6.45, 7) is 0.883. The van der Waals surface area contributed by atoms with E-state index in [4.69, 9.17) is 5.11 Å². The number of aliphatic imine (C=N–C) groups is 1. The van der Waals surface area contributed by atoms with Crippen molar-refractivity contribution in [2.45, 2.75) is 13.5 Å². The van der Waals surface area contributed by atoms with Gasteiger partial charge in [-0.05, 0) is 12.8 Å². The van der Waals surface area contributed by atoms with Gasteiger partial charge >= 0.3 is 17.6 Å². The van der Waals surface area contributed by atoms with Crippen LogP contribution in [0.2, 0.25) is 0 Å². The number of hydrogen-bond acceptors (Lipinski definition) is 5. The monoisotopic (exact) mass is 265 g/mol. The van der Waals surface area contributed by atoms with Gasteiger partial charge in [-0.1, -0.05) is 4.98 Å². The number of carboxylic acid groups (broad SMARTS) is 1. The Balaban J connectivity index is 2.73. The van der Waals surface area contributed by atoms with Crippen molar-refractivity contribution in [3.63, 3.8) is 0 Å². The highest BCUT2D eigenvalue weighted by molar-refractivity contribution is 5.73. The molecule has 0 aliphatic heterocycles. The smallest absolute Gasteiger partial charge is 0.338 e. The number of rotatable bonds is 3. The van der Waals surface area contributed by atoms with Crippen LogP contribution in [0.5, 0.6) is 0 Å². The minimum Gasteiger partial charge on any atom is -0.862 e. The molecule has 2 heterocycles. The number of fused-ring (bicyclic) bond motifs is 1. The maximum atomic E-state index is 11.9. The lowest BCUT2D eigenvalue weighted by molar-refractivity contribution is -0.662. The molecule has 0 aliphatic carbocycles. The third kappa shape index (κ3) is 2.44. The van der Waals surface area contributed by atoms with Crippen LogP contribution in [-0.4, -0.2) is 31.5 Å². The quantitative estimate of drug-likeness (QED) is 0.378. The largest absolute Gasteiger partial charge is 0.862 e. The summed E-state index contributed by atoms with van der Waals surface area (Å²) in [6, 6.07) is 0. The van der Waals surface area contributed by atoms with E-state index in [1.165, 1.54) is 22.4 Å². The van der Waals surface area contributed by atoms with E-state index in [-0.39, 0.29) is 23.7 Å². The molecule has 0 bridgehead atoms. The molecule has 2 aromatic rings. The molecule has 0 saturated heterocycles. The van der Waals surface area contributed by atoms with Crippen LogP contribution < -0.4 is 15.2 Å². The van der Waals surface area contributed by atoms with Crippen molar-refractivity contribution in [1.29, 1.82) is 0 Å². The lowest BCUT2D eigenvalue weighted by Crippen LogP contribution is -2.37. The number of aromatic nitrogens is 4. The molecule has 2 rings (SSSR count). The van der Waals surface area contributed by atoms with Crippen LogP contribution in [-0.2, 0) is 18.4 Å². The van der Waals surface area contributed by atoms with Crippen molar-refractivity contribution < 1.29 is 19.6 Å². The van der Waals surface area contributed by atoms with Crippen molar-refractivity contribution in [1.82, 2.24) is 14.5 Å². The standard InChI is InChI=1S/C10H11N5O4/c1-5(16)11-10-12-8-7(9(19)13-10)14(2)4-15(8)3-6(17)18/h4H,3H2,1-2H3,(H2-,11,12,13,16,17,18,19). The van der Waals surface area contributed by atoms with E-state index in [0.29, 0.717) is 0 Å². The number of aryl methyl sites for hydroxylation is 1. The van der Waals surface area contributed by atoms with E-state index in [9.17, 15) is 14.7 Å². The maximum Gasteiger partial charge on any atom is 0.338 e. The topological polar surface area (TPSA) is 127 Å². The average Bonchev–Trinajstić information content (AvgIpc) is 2.53. The molecule has 0 amide bonds. The molecule has 0 aliphatic rings. The molecule has 0 fully saturated rings. The molecule has 0 unspecified atom stereocenters. The fraction of sp³-hybridized carbons (Fsp3) is 0.300. The Hall–Kier alpha value is -2.71. The van der Waals surface area contributed by atoms with Crippen molar-refractivity contribution in [2.24, 2.45) is 12.0 Å². The Bertz CT molecular complexity index is 738. The second-order valence-corrected chi connectivity index (χ2v) is 3.94. The molecule has 0 atom stereocenters. The van der Waals surface area contributed by atoms with Gasteiger partial charge in [-0.15, -0.1) is 0 Å². The SMILES string of the molecule is CC([O-])=Nc1nc2c(c(=O)[nH]1)n(C)c[n+]2CC(=O)O. The lowest BCUT2D eigenvalue weighted by atomic mass is 10.5. The Morgan fingerprint density at radius 1 is 1.68 bits per heavy atom. The summed E-state index contributed by atoms with van der Waals surface area (Å²) in [4.78, 5) is 32.5. The summed E-state index contributed by atoms with van der Waals surface area (Å²) in [7, 11) is 1.60. The molecule has 0 spiro atoms. The van der Waals surface area contributed by atoms with E-state index in [0.717, 1.165) is 0 Å². The number of nitrogens with zero attached hydrogens (tertiary/aromatic N) is 4. The number of imidazole rings is 1. The van der Waals surface area contributed by atoms with Gasteiger partial charge in [0.2, 0.25) is 5.52 Å². The minimum absolute atomic E-state index is 0.143. The van der Waals surface area contributed by atoms with Gasteiger partial charge in [0.1, 0.15) is 0 Å². The highest BCUT2D eigenvalue weighted by Crippen LogP contribution is 2.06. The molecule has 9 heteroatoms. The van der Waals surface area contributed by atoms with Gasteiger partial charge in [0.05, 0.1) is 7.05 Å². The number of hydrogen-bond donors (Lipinski definition) is 2. The summed E-state index contributed by atoms with van der Waals surface area (Å²) < 4.78 is 2.76. The Morgan fingerprint density at radius 2 is 2.37 bits per heavy atom. The first-order valence-electron chi connectivity index (χ1n) is 5.31. The van der Waals surface area contributed by atoms with Gasteiger partial charge < -0.3 is 10.2 Å². The van der Waals surface area contributed by atoms with Crippen LogP contribution in [0.15, 0.2) is 16.1 Å². The minimum atomic E-state index is -1.07. The van der Waals surface area contributed by atoms with E-state index in [1.807, 2.05) is 0 Å². The molecule has 0 radical (unpaired) electrons. The van der Waals surface area contributed by atoms with Crippen molar-refractivity contribution in [2.75, 3.05) is 0 Å². The summed E-state index contributed by atoms with van der Waals surface area (Å²) >= 11 is 0. The fourth-order valence-electron chi connectivity index (χ4n) is 1.75. The molecule has 0 aromatic carbocycles. The van der Waals surface area contributed by atoms with Crippen molar-refractivity contribution in [3.05, 3.63) is 16.7 Å². The normalized spacial score (nSPS) is 12.0. The van der Waals surface area contributed by atoms with E-state index in [1.54, 1.807) is 7.05 Å². The van der Waals surface area contributed by atoms with E-state index >= 15 is 0 Å². The Kier molecular flexibility index (Phi) is 3.03. The van der Waals surface area contributed by atoms with Crippen LogP contribution in [0.3, 0.4) is 0 Å². The van der Waals surface area contributed by atoms with Crippen LogP contribution in [0.4, 0.5) is 5.95 Å². The fourth-order valence-corrected chi connectivity index (χ4v) is 1.75. The highest BCUT2D eigenvalue weighted by Gasteiger charge is 2.21. The maximum absolute atomic E-state index is 11.9. The average molecular weight is 265 g/mol. The predicted octanol–water partition coefficient (Wildman–Crippen LogP) is -1.96. The molecule has 19 heavy (non-hydrogen) atoms. The van der Waals surface area contributed by atoms with Gasteiger partial charge in [0.25, 0.3) is 5.56 Å². The zero-order chi connectivity index (χ0) is 14.2. The van der Waals surface area contributed by atoms with Crippen LogP contribution in [0, 0.1) is 0 Å². The van der Waals surface area contributed by atoms with Crippen LogP contribution in [0.1, 0.15) is 6.92 Å².